The van der Waals surface area contributed by atoms with Gasteiger partial charge >= 0.3 is 0 Å². The van der Waals surface area contributed by atoms with Gasteiger partial charge in [-0.3, -0.25) is 0 Å². The highest BCUT2D eigenvalue weighted by Gasteiger charge is 2.08. The highest BCUT2D eigenvalue weighted by atomic mass is 16.5. The van der Waals surface area contributed by atoms with Gasteiger partial charge in [0.05, 0.1) is 20.5 Å². The Morgan fingerprint density at radius 3 is 2.62 bits per heavy atom. The molecule has 0 bridgehead atoms. The van der Waals surface area contributed by atoms with Crippen molar-refractivity contribution in [2.24, 2.45) is 0 Å². The fourth-order valence-electron chi connectivity index (χ4n) is 2.33. The number of furan rings is 1. The lowest BCUT2D eigenvalue weighted by molar-refractivity contribution is 0.354. The normalized spacial score (nSPS) is 12.1. The average Bonchev–Trinajstić information content (AvgIpc) is 3.00. The lowest BCUT2D eigenvalue weighted by Crippen LogP contribution is -2.29. The lowest BCUT2D eigenvalue weighted by Gasteiger charge is -2.15. The van der Waals surface area contributed by atoms with Crippen LogP contribution in [-0.2, 0) is 12.8 Å². The monoisotopic (exact) mass is 289 g/mol. The van der Waals surface area contributed by atoms with Crippen LogP contribution in [0, 0.1) is 0 Å². The molecule has 1 heterocycles. The summed E-state index contributed by atoms with van der Waals surface area (Å²) in [6.45, 7) is 3.08. The van der Waals surface area contributed by atoms with Gasteiger partial charge in [-0.05, 0) is 43.2 Å². The van der Waals surface area contributed by atoms with Crippen LogP contribution in [0.4, 0.5) is 0 Å². The fourth-order valence-corrected chi connectivity index (χ4v) is 2.33. The second-order valence-electron chi connectivity index (χ2n) is 5.08. The molecule has 0 aliphatic rings. The molecule has 114 valence electrons. The molecule has 0 aliphatic heterocycles. The molecule has 1 unspecified atom stereocenters. The van der Waals surface area contributed by atoms with Gasteiger partial charge < -0.3 is 19.2 Å². The Bertz CT molecular complexity index is 537. The smallest absolute Gasteiger partial charge is 0.160 e. The number of ether oxygens (including phenoxy) is 2. The van der Waals surface area contributed by atoms with E-state index in [9.17, 15) is 0 Å². The van der Waals surface area contributed by atoms with E-state index in [0.29, 0.717) is 6.04 Å². The molecule has 2 aromatic rings. The van der Waals surface area contributed by atoms with E-state index in [2.05, 4.69) is 18.3 Å². The molecule has 0 aliphatic carbocycles. The van der Waals surface area contributed by atoms with Crippen LogP contribution in [0.1, 0.15) is 18.2 Å². The molecule has 1 aromatic carbocycles. The fraction of sp³-hybridized carbons (Fsp3) is 0.412. The van der Waals surface area contributed by atoms with Gasteiger partial charge in [-0.15, -0.1) is 0 Å². The third-order valence-electron chi connectivity index (χ3n) is 3.43. The van der Waals surface area contributed by atoms with Gasteiger partial charge in [0.15, 0.2) is 11.5 Å². The lowest BCUT2D eigenvalue weighted by atomic mass is 10.1. The topological polar surface area (TPSA) is 43.6 Å². The van der Waals surface area contributed by atoms with E-state index >= 15 is 0 Å². The number of hydrogen-bond donors (Lipinski definition) is 1. The first-order valence-electron chi connectivity index (χ1n) is 7.19. The minimum absolute atomic E-state index is 0.387. The summed E-state index contributed by atoms with van der Waals surface area (Å²) in [7, 11) is 3.31. The minimum atomic E-state index is 0.387. The van der Waals surface area contributed by atoms with E-state index in [4.69, 9.17) is 13.9 Å². The first kappa shape index (κ1) is 15.4. The van der Waals surface area contributed by atoms with Gasteiger partial charge in [0, 0.05) is 19.0 Å². The molecule has 1 N–H and O–H groups in total. The predicted octanol–water partition coefficient (Wildman–Crippen LogP) is 3.06. The zero-order valence-corrected chi connectivity index (χ0v) is 12.9. The minimum Gasteiger partial charge on any atom is -0.493 e. The van der Waals surface area contributed by atoms with Gasteiger partial charge in [0.25, 0.3) is 0 Å². The summed E-state index contributed by atoms with van der Waals surface area (Å²) >= 11 is 0. The molecular weight excluding hydrogens is 266 g/mol. The molecule has 1 atom stereocenters. The SMILES string of the molecule is COc1ccc(CC(C)NCCc2ccco2)cc1OC. The summed E-state index contributed by atoms with van der Waals surface area (Å²) in [4.78, 5) is 0. The second-order valence-corrected chi connectivity index (χ2v) is 5.08. The highest BCUT2D eigenvalue weighted by Crippen LogP contribution is 2.27. The summed E-state index contributed by atoms with van der Waals surface area (Å²) in [5, 5.41) is 3.50. The van der Waals surface area contributed by atoms with E-state index in [1.54, 1.807) is 20.5 Å². The first-order chi connectivity index (χ1) is 10.2. The van der Waals surface area contributed by atoms with Crippen LogP contribution in [0.15, 0.2) is 41.0 Å². The Balaban J connectivity index is 1.83. The van der Waals surface area contributed by atoms with Crippen molar-refractivity contribution in [1.29, 1.82) is 0 Å². The second kappa shape index (κ2) is 7.74. The van der Waals surface area contributed by atoms with Crippen molar-refractivity contribution in [2.75, 3.05) is 20.8 Å². The molecule has 0 radical (unpaired) electrons. The van der Waals surface area contributed by atoms with Crippen LogP contribution in [0.5, 0.6) is 11.5 Å². The Morgan fingerprint density at radius 2 is 1.95 bits per heavy atom. The van der Waals surface area contributed by atoms with Gasteiger partial charge in [0.2, 0.25) is 0 Å². The van der Waals surface area contributed by atoms with Gasteiger partial charge in [-0.25, -0.2) is 0 Å². The van der Waals surface area contributed by atoms with Crippen molar-refractivity contribution < 1.29 is 13.9 Å². The Kier molecular flexibility index (Phi) is 5.69. The van der Waals surface area contributed by atoms with Crippen molar-refractivity contribution in [3.63, 3.8) is 0 Å². The number of methoxy groups -OCH3 is 2. The number of hydrogen-bond acceptors (Lipinski definition) is 4. The van der Waals surface area contributed by atoms with Gasteiger partial charge in [-0.2, -0.15) is 0 Å². The van der Waals surface area contributed by atoms with Crippen molar-refractivity contribution >= 4 is 0 Å². The standard InChI is InChI=1S/C17H23NO3/c1-13(18-9-8-15-5-4-10-21-15)11-14-6-7-16(19-2)17(12-14)20-3/h4-7,10,12-13,18H,8-9,11H2,1-3H3. The molecule has 1 aromatic heterocycles. The largest absolute Gasteiger partial charge is 0.493 e. The molecule has 2 rings (SSSR count). The van der Waals surface area contributed by atoms with Crippen molar-refractivity contribution in [1.82, 2.24) is 5.32 Å². The summed E-state index contributed by atoms with van der Waals surface area (Å²) in [6.07, 6.45) is 3.56. The molecule has 0 saturated carbocycles. The highest BCUT2D eigenvalue weighted by molar-refractivity contribution is 5.43. The van der Waals surface area contributed by atoms with Crippen LogP contribution < -0.4 is 14.8 Å². The summed E-state index contributed by atoms with van der Waals surface area (Å²) in [6, 6.07) is 10.4. The number of rotatable bonds is 8. The molecule has 4 heteroatoms. The summed E-state index contributed by atoms with van der Waals surface area (Å²) < 4.78 is 15.9. The van der Waals surface area contributed by atoms with E-state index in [1.165, 1.54) is 5.56 Å². The van der Waals surface area contributed by atoms with Crippen LogP contribution >= 0.6 is 0 Å². The van der Waals surface area contributed by atoms with Crippen LogP contribution in [0.25, 0.3) is 0 Å². The number of nitrogens with one attached hydrogen (secondary N) is 1. The Labute approximate surface area is 126 Å². The molecule has 0 saturated heterocycles. The van der Waals surface area contributed by atoms with E-state index in [1.807, 2.05) is 24.3 Å². The average molecular weight is 289 g/mol. The maximum absolute atomic E-state index is 5.33. The third kappa shape index (κ3) is 4.53. The van der Waals surface area contributed by atoms with Crippen LogP contribution in [0.3, 0.4) is 0 Å². The number of benzene rings is 1. The van der Waals surface area contributed by atoms with Crippen molar-refractivity contribution in [3.05, 3.63) is 47.9 Å². The molecule has 0 fully saturated rings. The Hall–Kier alpha value is -1.94. The van der Waals surface area contributed by atoms with Crippen LogP contribution in [0.2, 0.25) is 0 Å². The summed E-state index contributed by atoms with van der Waals surface area (Å²) in [5.41, 5.74) is 1.23. The first-order valence-corrected chi connectivity index (χ1v) is 7.19. The van der Waals surface area contributed by atoms with E-state index in [-0.39, 0.29) is 0 Å². The zero-order valence-electron chi connectivity index (χ0n) is 12.9. The maximum Gasteiger partial charge on any atom is 0.160 e. The molecule has 0 spiro atoms. The molecule has 4 nitrogen and oxygen atoms in total. The van der Waals surface area contributed by atoms with Crippen molar-refractivity contribution in [2.45, 2.75) is 25.8 Å². The van der Waals surface area contributed by atoms with E-state index < -0.39 is 0 Å². The molecule has 0 amide bonds. The molecule has 21 heavy (non-hydrogen) atoms. The van der Waals surface area contributed by atoms with E-state index in [0.717, 1.165) is 36.6 Å². The van der Waals surface area contributed by atoms with Gasteiger partial charge in [0.1, 0.15) is 5.76 Å². The summed E-state index contributed by atoms with van der Waals surface area (Å²) in [5.74, 6) is 2.55. The van der Waals surface area contributed by atoms with Gasteiger partial charge in [-0.1, -0.05) is 6.07 Å². The third-order valence-corrected chi connectivity index (χ3v) is 3.43. The quantitative estimate of drug-likeness (QED) is 0.811. The zero-order chi connectivity index (χ0) is 15.1. The van der Waals surface area contributed by atoms with Crippen LogP contribution in [-0.4, -0.2) is 26.8 Å². The van der Waals surface area contributed by atoms with Crippen molar-refractivity contribution in [3.8, 4) is 11.5 Å². The molecular formula is C17H23NO3. The maximum atomic E-state index is 5.33. The Morgan fingerprint density at radius 1 is 1.14 bits per heavy atom. The predicted molar refractivity (Wildman–Crippen MR) is 83.1 cm³/mol.